The Kier molecular flexibility index (Phi) is 5.54. The zero-order valence-corrected chi connectivity index (χ0v) is 16.0. The number of carbonyl (C=O) groups is 1. The maximum absolute atomic E-state index is 11.9. The Morgan fingerprint density at radius 1 is 1.31 bits per heavy atom. The number of aromatic nitrogens is 4. The largest absolute Gasteiger partial charge is 0.471 e. The number of hydrogen-bond donors (Lipinski definition) is 0. The van der Waals surface area contributed by atoms with E-state index in [1.54, 1.807) is 0 Å². The minimum atomic E-state index is -0.0498. The summed E-state index contributed by atoms with van der Waals surface area (Å²) in [7, 11) is 0. The van der Waals surface area contributed by atoms with Crippen LogP contribution >= 0.6 is 0 Å². The van der Waals surface area contributed by atoms with E-state index in [4.69, 9.17) is 9.72 Å². The Bertz CT molecular complexity index is 827. The fourth-order valence-corrected chi connectivity index (χ4v) is 3.47. The number of carbonyl (C=O) groups excluding carboxylic acids is 1. The molecule has 0 N–H and O–H groups in total. The number of nitrogens with zero attached hydrogens (tertiary/aromatic N) is 5. The van der Waals surface area contributed by atoms with Crippen molar-refractivity contribution in [3.8, 4) is 5.88 Å². The molecule has 0 aliphatic carbocycles. The molecule has 26 heavy (non-hydrogen) atoms. The molecule has 0 bridgehead atoms. The van der Waals surface area contributed by atoms with Crippen molar-refractivity contribution in [1.82, 2.24) is 24.4 Å². The average Bonchev–Trinajstić information content (AvgIpc) is 3.27. The van der Waals surface area contributed by atoms with Crippen molar-refractivity contribution in [3.05, 3.63) is 18.2 Å². The van der Waals surface area contributed by atoms with Crippen molar-refractivity contribution in [2.45, 2.75) is 59.6 Å². The molecule has 1 aliphatic heterocycles. The van der Waals surface area contributed by atoms with Gasteiger partial charge in [-0.3, -0.25) is 4.79 Å². The van der Waals surface area contributed by atoms with Gasteiger partial charge in [-0.05, 0) is 25.8 Å². The Morgan fingerprint density at radius 3 is 2.77 bits per heavy atom. The summed E-state index contributed by atoms with van der Waals surface area (Å²) in [6.07, 6.45) is 5.81. The molecule has 1 fully saturated rings. The molecule has 0 spiro atoms. The molecule has 2 aromatic heterocycles. The average molecular weight is 357 g/mol. The standard InChI is InChI=1S/C19H27N5O2/c1-5-13(6-2)17-22-16-18(24(17)8-4)20-12-21-19(16)26-14-9-10-23(11-14)15(25)7-3/h5,12,14H,6-11H2,1-4H3. The quantitative estimate of drug-likeness (QED) is 0.794. The molecule has 0 aromatic carbocycles. The first-order chi connectivity index (χ1) is 12.6. The molecular weight excluding hydrogens is 330 g/mol. The highest BCUT2D eigenvalue weighted by Crippen LogP contribution is 2.28. The van der Waals surface area contributed by atoms with Crippen molar-refractivity contribution in [2.24, 2.45) is 0 Å². The Balaban J connectivity index is 1.92. The van der Waals surface area contributed by atoms with Crippen LogP contribution in [0.3, 0.4) is 0 Å². The number of allylic oxidation sites excluding steroid dienone is 2. The highest BCUT2D eigenvalue weighted by molar-refractivity contribution is 5.80. The number of hydrogen-bond acceptors (Lipinski definition) is 5. The number of ether oxygens (including phenoxy) is 1. The van der Waals surface area contributed by atoms with Gasteiger partial charge in [-0.2, -0.15) is 4.98 Å². The van der Waals surface area contributed by atoms with Gasteiger partial charge in [0, 0.05) is 25.9 Å². The lowest BCUT2D eigenvalue weighted by Crippen LogP contribution is -2.30. The van der Waals surface area contributed by atoms with E-state index >= 15 is 0 Å². The first-order valence-electron chi connectivity index (χ1n) is 9.44. The second-order valence-corrected chi connectivity index (χ2v) is 6.42. The smallest absolute Gasteiger partial charge is 0.245 e. The van der Waals surface area contributed by atoms with Crippen LogP contribution < -0.4 is 4.74 Å². The summed E-state index contributed by atoms with van der Waals surface area (Å²) in [6.45, 7) is 10.2. The molecule has 1 atom stereocenters. The van der Waals surface area contributed by atoms with Gasteiger partial charge in [0.1, 0.15) is 18.3 Å². The molecule has 2 aromatic rings. The van der Waals surface area contributed by atoms with E-state index in [0.717, 1.165) is 37.4 Å². The Hall–Kier alpha value is -2.44. The Labute approximate surface area is 154 Å². The molecule has 1 unspecified atom stereocenters. The third-order valence-electron chi connectivity index (χ3n) is 4.91. The van der Waals surface area contributed by atoms with Crippen LogP contribution in [-0.4, -0.2) is 49.5 Å². The minimum Gasteiger partial charge on any atom is -0.471 e. The molecular formula is C19H27N5O2. The van der Waals surface area contributed by atoms with Gasteiger partial charge in [0.2, 0.25) is 11.8 Å². The van der Waals surface area contributed by atoms with Gasteiger partial charge in [0.05, 0.1) is 6.54 Å². The topological polar surface area (TPSA) is 73.1 Å². The summed E-state index contributed by atoms with van der Waals surface area (Å²) < 4.78 is 8.23. The van der Waals surface area contributed by atoms with Crippen molar-refractivity contribution >= 4 is 22.6 Å². The van der Waals surface area contributed by atoms with Gasteiger partial charge in [-0.1, -0.05) is 19.9 Å². The fourth-order valence-electron chi connectivity index (χ4n) is 3.47. The summed E-state index contributed by atoms with van der Waals surface area (Å²) >= 11 is 0. The molecule has 1 amide bonds. The van der Waals surface area contributed by atoms with E-state index in [0.29, 0.717) is 24.4 Å². The van der Waals surface area contributed by atoms with Crippen molar-refractivity contribution in [2.75, 3.05) is 13.1 Å². The summed E-state index contributed by atoms with van der Waals surface area (Å²) in [6, 6.07) is 0. The van der Waals surface area contributed by atoms with Gasteiger partial charge in [-0.25, -0.2) is 9.97 Å². The summed E-state index contributed by atoms with van der Waals surface area (Å²) in [5.74, 6) is 1.60. The first kappa shape index (κ1) is 18.4. The summed E-state index contributed by atoms with van der Waals surface area (Å²) in [5, 5.41) is 0. The summed E-state index contributed by atoms with van der Waals surface area (Å²) in [5.41, 5.74) is 2.66. The second-order valence-electron chi connectivity index (χ2n) is 6.42. The molecule has 1 saturated heterocycles. The lowest BCUT2D eigenvalue weighted by molar-refractivity contribution is -0.130. The van der Waals surface area contributed by atoms with Gasteiger partial charge in [0.15, 0.2) is 11.2 Å². The molecule has 140 valence electrons. The summed E-state index contributed by atoms with van der Waals surface area (Å²) in [4.78, 5) is 27.3. The predicted octanol–water partition coefficient (Wildman–Crippen LogP) is 3.05. The molecule has 0 radical (unpaired) electrons. The molecule has 7 heteroatoms. The number of amides is 1. The van der Waals surface area contributed by atoms with Gasteiger partial charge in [0.25, 0.3) is 0 Å². The number of imidazole rings is 1. The van der Waals surface area contributed by atoms with E-state index in [1.165, 1.54) is 11.9 Å². The maximum Gasteiger partial charge on any atom is 0.245 e. The van der Waals surface area contributed by atoms with E-state index in [-0.39, 0.29) is 12.0 Å². The van der Waals surface area contributed by atoms with E-state index in [9.17, 15) is 4.79 Å². The lowest BCUT2D eigenvalue weighted by Gasteiger charge is -2.16. The first-order valence-corrected chi connectivity index (χ1v) is 9.44. The van der Waals surface area contributed by atoms with Crippen LogP contribution in [0.2, 0.25) is 0 Å². The van der Waals surface area contributed by atoms with Crippen LogP contribution in [0, 0.1) is 0 Å². The van der Waals surface area contributed by atoms with Gasteiger partial charge in [-0.15, -0.1) is 0 Å². The maximum atomic E-state index is 11.9. The third kappa shape index (κ3) is 3.30. The van der Waals surface area contributed by atoms with Crippen molar-refractivity contribution < 1.29 is 9.53 Å². The molecule has 0 saturated carbocycles. The van der Waals surface area contributed by atoms with Crippen molar-refractivity contribution in [3.63, 3.8) is 0 Å². The van der Waals surface area contributed by atoms with Crippen LogP contribution in [0.4, 0.5) is 0 Å². The zero-order chi connectivity index (χ0) is 18.7. The van der Waals surface area contributed by atoms with Crippen molar-refractivity contribution in [1.29, 1.82) is 0 Å². The highest BCUT2D eigenvalue weighted by Gasteiger charge is 2.28. The normalized spacial score (nSPS) is 17.9. The molecule has 3 heterocycles. The van der Waals surface area contributed by atoms with E-state index in [1.807, 2.05) is 18.7 Å². The van der Waals surface area contributed by atoms with Crippen LogP contribution in [0.1, 0.15) is 52.8 Å². The van der Waals surface area contributed by atoms with E-state index < -0.39 is 0 Å². The fraction of sp³-hybridized carbons (Fsp3) is 0.579. The lowest BCUT2D eigenvalue weighted by atomic mass is 10.2. The third-order valence-corrected chi connectivity index (χ3v) is 4.91. The van der Waals surface area contributed by atoms with Gasteiger partial charge < -0.3 is 14.2 Å². The number of rotatable bonds is 6. The number of fused-ring (bicyclic) bond motifs is 1. The second kappa shape index (κ2) is 7.85. The molecule has 3 rings (SSSR count). The molecule has 7 nitrogen and oxygen atoms in total. The van der Waals surface area contributed by atoms with Crippen LogP contribution in [0.25, 0.3) is 16.7 Å². The molecule has 1 aliphatic rings. The number of likely N-dealkylation sites (tertiary alicyclic amines) is 1. The zero-order valence-electron chi connectivity index (χ0n) is 16.0. The highest BCUT2D eigenvalue weighted by atomic mass is 16.5. The predicted molar refractivity (Wildman–Crippen MR) is 101 cm³/mol. The van der Waals surface area contributed by atoms with E-state index in [2.05, 4.69) is 34.5 Å². The minimum absolute atomic E-state index is 0.0498. The SMILES string of the molecule is CC=C(CC)c1nc2c(OC3CCN(C(=O)CC)C3)ncnc2n1CC. The van der Waals surface area contributed by atoms with Crippen LogP contribution in [-0.2, 0) is 11.3 Å². The number of aryl methyl sites for hydroxylation is 1. The Morgan fingerprint density at radius 2 is 2.12 bits per heavy atom. The van der Waals surface area contributed by atoms with Crippen LogP contribution in [0.15, 0.2) is 12.4 Å². The monoisotopic (exact) mass is 357 g/mol. The van der Waals surface area contributed by atoms with Gasteiger partial charge >= 0.3 is 0 Å². The van der Waals surface area contributed by atoms with Crippen LogP contribution in [0.5, 0.6) is 5.88 Å².